The second-order valence-electron chi connectivity index (χ2n) is 16.5. The standard InChI is InChI=1S/C45H77O16P/c1-3-5-7-8-9-10-11-12-13-14-15-16-22-26-39(50)60-33-30-58-38(49)25-21-18-17-20-24-34-36(47)29-37(48)35(28-27-32(46)23-19-6-4-2)41(52)43(54)45(44(55)42(53)40(34)51)61-62(56,57)59-31-33/h7-8,10-11,17,20,27-28,32-37,40-48,51-55H,3-6,9,12-16,18-19,21-26,29-31H2,1-2H3,(H,56,57)/b8-7-,11-10-,20-17+,28-27?/t32-,33+,34-,35-,36-,37+,40+,41+,42-,43+,44+,45+/m0/s1. The van der Waals surface area contributed by atoms with Gasteiger partial charge in [0.15, 0.2) is 6.10 Å². The lowest BCUT2D eigenvalue weighted by Gasteiger charge is -2.37. The molecule has 0 saturated heterocycles. The summed E-state index contributed by atoms with van der Waals surface area (Å²) < 4.78 is 34.6. The first-order valence-corrected chi connectivity index (χ1v) is 24.2. The Morgan fingerprint density at radius 3 is 2.24 bits per heavy atom. The lowest BCUT2D eigenvalue weighted by atomic mass is 9.83. The Labute approximate surface area is 368 Å². The predicted octanol–water partition coefficient (Wildman–Crippen LogP) is 4.77. The van der Waals surface area contributed by atoms with Crippen LogP contribution in [-0.4, -0.2) is 132 Å². The van der Waals surface area contributed by atoms with Crippen molar-refractivity contribution in [2.24, 2.45) is 11.8 Å². The van der Waals surface area contributed by atoms with Crippen molar-refractivity contribution in [3.05, 3.63) is 48.6 Å². The first-order chi connectivity index (χ1) is 29.6. The summed E-state index contributed by atoms with van der Waals surface area (Å²) in [5.41, 5.74) is 0. The molecule has 1 heterocycles. The first kappa shape index (κ1) is 55.8. The zero-order valence-corrected chi connectivity index (χ0v) is 37.6. The Bertz CT molecular complexity index is 1410. The molecule has 358 valence electrons. The van der Waals surface area contributed by atoms with E-state index < -0.39 is 112 Å². The molecule has 1 aliphatic heterocycles. The van der Waals surface area contributed by atoms with Gasteiger partial charge in [-0.3, -0.25) is 18.6 Å². The maximum absolute atomic E-state index is 13.5. The minimum Gasteiger partial charge on any atom is -0.462 e. The molecule has 0 aromatic rings. The molecular weight excluding hydrogens is 827 g/mol. The average molecular weight is 905 g/mol. The molecule has 9 N–H and O–H groups in total. The largest absolute Gasteiger partial charge is 0.472 e. The smallest absolute Gasteiger partial charge is 0.462 e. The summed E-state index contributed by atoms with van der Waals surface area (Å²) >= 11 is 0. The molecule has 1 saturated carbocycles. The maximum atomic E-state index is 13.5. The number of carbonyl (C=O) groups is 2. The van der Waals surface area contributed by atoms with E-state index in [0.29, 0.717) is 32.1 Å². The Kier molecular flexibility index (Phi) is 28.4. The topological polar surface area (TPSA) is 270 Å². The van der Waals surface area contributed by atoms with Gasteiger partial charge in [-0.1, -0.05) is 107 Å². The number of phosphoric acid groups is 1. The molecule has 2 rings (SSSR count). The van der Waals surface area contributed by atoms with Crippen LogP contribution in [0.25, 0.3) is 0 Å². The Balaban J connectivity index is 2.28. The number of phosphoric ester groups is 1. The normalized spacial score (nSPS) is 33.8. The quantitative estimate of drug-likeness (QED) is 0.0366. The van der Waals surface area contributed by atoms with Gasteiger partial charge in [-0.25, -0.2) is 4.57 Å². The molecule has 2 aliphatic rings. The molecule has 13 atom stereocenters. The number of rotatable bonds is 19. The first-order valence-electron chi connectivity index (χ1n) is 22.7. The van der Waals surface area contributed by atoms with Crippen LogP contribution >= 0.6 is 7.82 Å². The van der Waals surface area contributed by atoms with Gasteiger partial charge in [-0.2, -0.15) is 0 Å². The number of hydrogen-bond acceptors (Lipinski definition) is 15. The van der Waals surface area contributed by atoms with Crippen LogP contribution in [0.2, 0.25) is 0 Å². The van der Waals surface area contributed by atoms with Gasteiger partial charge >= 0.3 is 19.8 Å². The van der Waals surface area contributed by atoms with E-state index in [2.05, 4.69) is 31.2 Å². The van der Waals surface area contributed by atoms with Gasteiger partial charge in [0, 0.05) is 31.1 Å². The minimum atomic E-state index is -5.44. The van der Waals surface area contributed by atoms with E-state index in [4.69, 9.17) is 18.5 Å². The van der Waals surface area contributed by atoms with Crippen molar-refractivity contribution in [2.75, 3.05) is 13.2 Å². The van der Waals surface area contributed by atoms with Crippen molar-refractivity contribution >= 4 is 19.8 Å². The van der Waals surface area contributed by atoms with Crippen LogP contribution in [0.3, 0.4) is 0 Å². The van der Waals surface area contributed by atoms with Crippen LogP contribution in [0.1, 0.15) is 136 Å². The molecule has 16 nitrogen and oxygen atoms in total. The summed E-state index contributed by atoms with van der Waals surface area (Å²) in [6.45, 7) is 2.72. The van der Waals surface area contributed by atoms with Crippen LogP contribution in [-0.2, 0) is 32.7 Å². The number of cyclic esters (lactones) is 1. The van der Waals surface area contributed by atoms with E-state index in [-0.39, 0.29) is 19.3 Å². The summed E-state index contributed by atoms with van der Waals surface area (Å²) in [6.07, 6.45) is 6.42. The fourth-order valence-corrected chi connectivity index (χ4v) is 8.35. The zero-order chi connectivity index (χ0) is 45.9. The molecule has 0 amide bonds. The number of aliphatic hydroxyl groups is 8. The number of fused-ring (bicyclic) bond motifs is 4. The highest BCUT2D eigenvalue weighted by atomic mass is 31.2. The molecule has 2 bridgehead atoms. The molecule has 0 aromatic heterocycles. The maximum Gasteiger partial charge on any atom is 0.472 e. The van der Waals surface area contributed by atoms with Gasteiger partial charge in [0.1, 0.15) is 31.0 Å². The molecule has 17 heteroatoms. The second-order valence-corrected chi connectivity index (χ2v) is 17.9. The van der Waals surface area contributed by atoms with Crippen molar-refractivity contribution in [3.8, 4) is 0 Å². The average Bonchev–Trinajstić information content (AvgIpc) is 3.23. The summed E-state index contributed by atoms with van der Waals surface area (Å²) in [5.74, 6) is -4.06. The molecule has 0 radical (unpaired) electrons. The van der Waals surface area contributed by atoms with Gasteiger partial charge in [0.05, 0.1) is 37.1 Å². The van der Waals surface area contributed by atoms with Gasteiger partial charge in [0.2, 0.25) is 0 Å². The highest BCUT2D eigenvalue weighted by molar-refractivity contribution is 7.47. The fraction of sp³-hybridized carbons (Fsp3) is 0.778. The Morgan fingerprint density at radius 2 is 1.52 bits per heavy atom. The number of hydrogen-bond donors (Lipinski definition) is 9. The molecule has 0 spiro atoms. The third-order valence-electron chi connectivity index (χ3n) is 11.2. The monoisotopic (exact) mass is 904 g/mol. The fourth-order valence-electron chi connectivity index (χ4n) is 7.38. The van der Waals surface area contributed by atoms with Crippen LogP contribution in [0.15, 0.2) is 48.6 Å². The van der Waals surface area contributed by atoms with Crippen molar-refractivity contribution < 1.29 is 78.4 Å². The van der Waals surface area contributed by atoms with Crippen molar-refractivity contribution in [2.45, 2.75) is 197 Å². The van der Waals surface area contributed by atoms with Gasteiger partial charge in [0.25, 0.3) is 0 Å². The summed E-state index contributed by atoms with van der Waals surface area (Å²) in [4.78, 5) is 36.4. The molecule has 62 heavy (non-hydrogen) atoms. The summed E-state index contributed by atoms with van der Waals surface area (Å²) in [5, 5.41) is 90.0. The predicted molar refractivity (Wildman–Crippen MR) is 232 cm³/mol. The number of ether oxygens (including phenoxy) is 2. The third kappa shape index (κ3) is 22.1. The number of aliphatic hydroxyl groups excluding tert-OH is 8. The number of carbonyl (C=O) groups excluding carboxylic acids is 2. The Hall–Kier alpha value is -2.31. The summed E-state index contributed by atoms with van der Waals surface area (Å²) in [7, 11) is -5.44. The molecule has 1 unspecified atom stereocenters. The molecule has 1 aliphatic carbocycles. The number of unbranched alkanes of at least 4 members (excludes halogenated alkanes) is 8. The zero-order valence-electron chi connectivity index (χ0n) is 36.7. The number of esters is 2. The van der Waals surface area contributed by atoms with Crippen LogP contribution in [0.4, 0.5) is 0 Å². The van der Waals surface area contributed by atoms with Crippen molar-refractivity contribution in [3.63, 3.8) is 0 Å². The van der Waals surface area contributed by atoms with E-state index in [9.17, 15) is 59.9 Å². The number of allylic oxidation sites excluding steroid dienone is 6. The molecule has 0 aromatic carbocycles. The van der Waals surface area contributed by atoms with E-state index in [1.165, 1.54) is 12.2 Å². The van der Waals surface area contributed by atoms with Crippen LogP contribution < -0.4 is 0 Å². The van der Waals surface area contributed by atoms with E-state index in [1.807, 2.05) is 6.92 Å². The molecule has 1 fully saturated rings. The van der Waals surface area contributed by atoms with Gasteiger partial charge in [-0.15, -0.1) is 0 Å². The third-order valence-corrected chi connectivity index (χ3v) is 12.2. The second kappa shape index (κ2) is 31.5. The highest BCUT2D eigenvalue weighted by Crippen LogP contribution is 2.47. The van der Waals surface area contributed by atoms with Crippen molar-refractivity contribution in [1.29, 1.82) is 0 Å². The summed E-state index contributed by atoms with van der Waals surface area (Å²) in [6, 6.07) is 0. The van der Waals surface area contributed by atoms with Crippen LogP contribution in [0, 0.1) is 11.8 Å². The van der Waals surface area contributed by atoms with Gasteiger partial charge in [-0.05, 0) is 57.8 Å². The van der Waals surface area contributed by atoms with Crippen LogP contribution in [0.5, 0.6) is 0 Å². The van der Waals surface area contributed by atoms with E-state index in [0.717, 1.165) is 64.2 Å². The minimum absolute atomic E-state index is 0.0134. The van der Waals surface area contributed by atoms with E-state index in [1.54, 1.807) is 12.2 Å². The van der Waals surface area contributed by atoms with E-state index >= 15 is 0 Å². The highest BCUT2D eigenvalue weighted by Gasteiger charge is 2.49. The SMILES string of the molecule is CCC/C=C\C/C=C\CCCCCCCC(=O)O[C@@H]1COC(=O)CCC/C=C/C[C@@H]2[C@@H](O)[C@H](O)[C@@H](O)[C@H](OP(=O)(O)OC1)[C@H](O)[C@H](O)[C@@H](C=C[C@@H](O)CCCCC)[C@H](O)C[C@@H]2O. The van der Waals surface area contributed by atoms with Gasteiger partial charge < -0.3 is 55.2 Å². The Morgan fingerprint density at radius 1 is 0.823 bits per heavy atom. The van der Waals surface area contributed by atoms with Crippen molar-refractivity contribution in [1.82, 2.24) is 0 Å². The lowest BCUT2D eigenvalue weighted by Crippen LogP contribution is -2.55. The lowest BCUT2D eigenvalue weighted by molar-refractivity contribution is -0.167. The molecular formula is C45H77O16P.